The zero-order valence-electron chi connectivity index (χ0n) is 15.9. The van der Waals surface area contributed by atoms with Crippen LogP contribution in [0.1, 0.15) is 41.5 Å². The van der Waals surface area contributed by atoms with Crippen LogP contribution in [0.4, 0.5) is 11.4 Å². The van der Waals surface area contributed by atoms with Crippen molar-refractivity contribution in [3.8, 4) is 0 Å². The van der Waals surface area contributed by atoms with Gasteiger partial charge in [-0.2, -0.15) is 0 Å². The van der Waals surface area contributed by atoms with Crippen molar-refractivity contribution in [3.63, 3.8) is 0 Å². The van der Waals surface area contributed by atoms with E-state index in [2.05, 4.69) is 5.32 Å². The van der Waals surface area contributed by atoms with Gasteiger partial charge in [-0.1, -0.05) is 51.1 Å². The topological polar surface area (TPSA) is 66.5 Å². The number of nitrogens with one attached hydrogen (secondary N) is 1. The smallest absolute Gasteiger partial charge is 0.266 e. The van der Waals surface area contributed by atoms with Gasteiger partial charge in [0.1, 0.15) is 0 Å². The summed E-state index contributed by atoms with van der Waals surface area (Å²) in [6.07, 6.45) is 0. The Morgan fingerprint density at radius 1 is 0.857 bits per heavy atom. The highest BCUT2D eigenvalue weighted by molar-refractivity contribution is 6.37. The van der Waals surface area contributed by atoms with E-state index in [9.17, 15) is 14.4 Å². The summed E-state index contributed by atoms with van der Waals surface area (Å²) in [5, 5.41) is 4.53. The molecule has 140 valence electrons. The largest absolute Gasteiger partial charge is 0.326 e. The van der Waals surface area contributed by atoms with Crippen LogP contribution in [0.5, 0.6) is 0 Å². The van der Waals surface area contributed by atoms with Gasteiger partial charge >= 0.3 is 0 Å². The molecule has 1 aliphatic heterocycles. The Hall–Kier alpha value is -3.47. The Bertz CT molecular complexity index is 1120. The maximum absolute atomic E-state index is 13.1. The Kier molecular flexibility index (Phi) is 4.03. The van der Waals surface area contributed by atoms with E-state index in [0.29, 0.717) is 22.5 Å². The fraction of sp³-hybridized carbons (Fsp3) is 0.174. The average molecular weight is 372 g/mol. The monoisotopic (exact) mass is 372 g/mol. The SMILES string of the molecule is CC(C)(C)C(=O)Nc1ccc(N2C(=O)c3ccc4ccccc4c3C2=O)cc1. The lowest BCUT2D eigenvalue weighted by Crippen LogP contribution is -2.29. The molecule has 28 heavy (non-hydrogen) atoms. The molecular weight excluding hydrogens is 352 g/mol. The van der Waals surface area contributed by atoms with Crippen LogP contribution in [-0.4, -0.2) is 17.7 Å². The Morgan fingerprint density at radius 2 is 1.54 bits per heavy atom. The van der Waals surface area contributed by atoms with Gasteiger partial charge < -0.3 is 5.32 Å². The highest BCUT2D eigenvalue weighted by Gasteiger charge is 2.37. The van der Waals surface area contributed by atoms with Crippen LogP contribution < -0.4 is 10.2 Å². The molecule has 5 heteroatoms. The molecule has 0 aromatic heterocycles. The summed E-state index contributed by atoms with van der Waals surface area (Å²) in [5.74, 6) is -0.770. The Morgan fingerprint density at radius 3 is 2.21 bits per heavy atom. The van der Waals surface area contributed by atoms with E-state index >= 15 is 0 Å². The molecule has 1 heterocycles. The number of nitrogens with zero attached hydrogens (tertiary/aromatic N) is 1. The van der Waals surface area contributed by atoms with Crippen LogP contribution in [0.25, 0.3) is 10.8 Å². The first-order valence-electron chi connectivity index (χ1n) is 9.09. The molecule has 0 atom stereocenters. The van der Waals surface area contributed by atoms with E-state index in [1.807, 2.05) is 51.1 Å². The fourth-order valence-electron chi connectivity index (χ4n) is 3.25. The van der Waals surface area contributed by atoms with Gasteiger partial charge in [-0.05, 0) is 41.1 Å². The molecule has 3 aromatic carbocycles. The molecule has 0 bridgehead atoms. The molecule has 0 spiro atoms. The lowest BCUT2D eigenvalue weighted by Gasteiger charge is -2.18. The summed E-state index contributed by atoms with van der Waals surface area (Å²) in [6, 6.07) is 17.8. The molecular formula is C23H20N2O3. The number of benzene rings is 3. The summed E-state index contributed by atoms with van der Waals surface area (Å²) < 4.78 is 0. The molecule has 1 N–H and O–H groups in total. The van der Waals surface area contributed by atoms with Gasteiger partial charge in [-0.15, -0.1) is 0 Å². The minimum Gasteiger partial charge on any atom is -0.326 e. The first-order chi connectivity index (χ1) is 13.3. The Balaban J connectivity index is 1.67. The summed E-state index contributed by atoms with van der Waals surface area (Å²) in [6.45, 7) is 5.50. The number of hydrogen-bond donors (Lipinski definition) is 1. The number of imide groups is 1. The fourth-order valence-corrected chi connectivity index (χ4v) is 3.25. The minimum atomic E-state index is -0.512. The number of carbonyl (C=O) groups is 3. The van der Waals surface area contributed by atoms with Crippen LogP contribution in [0, 0.1) is 5.41 Å². The second-order valence-corrected chi connectivity index (χ2v) is 7.91. The normalized spacial score (nSPS) is 13.8. The van der Waals surface area contributed by atoms with Crippen molar-refractivity contribution < 1.29 is 14.4 Å². The summed E-state index contributed by atoms with van der Waals surface area (Å²) in [5.41, 5.74) is 1.43. The molecule has 0 saturated carbocycles. The van der Waals surface area contributed by atoms with E-state index in [4.69, 9.17) is 0 Å². The summed E-state index contributed by atoms with van der Waals surface area (Å²) >= 11 is 0. The third kappa shape index (κ3) is 2.85. The predicted octanol–water partition coefficient (Wildman–Crippen LogP) is 4.63. The van der Waals surface area contributed by atoms with E-state index in [-0.39, 0.29) is 17.7 Å². The molecule has 0 saturated heterocycles. The molecule has 0 fully saturated rings. The maximum atomic E-state index is 13.1. The van der Waals surface area contributed by atoms with E-state index < -0.39 is 5.41 Å². The van der Waals surface area contributed by atoms with Gasteiger partial charge in [0.2, 0.25) is 5.91 Å². The summed E-state index contributed by atoms with van der Waals surface area (Å²) in [4.78, 5) is 39.2. The third-order valence-electron chi connectivity index (χ3n) is 4.84. The van der Waals surface area contributed by atoms with Crippen molar-refractivity contribution in [2.75, 3.05) is 10.2 Å². The Labute approximate surface area is 163 Å². The summed E-state index contributed by atoms with van der Waals surface area (Å²) in [7, 11) is 0. The van der Waals surface area contributed by atoms with Crippen LogP contribution in [0.2, 0.25) is 0 Å². The maximum Gasteiger partial charge on any atom is 0.266 e. The van der Waals surface area contributed by atoms with Crippen LogP contribution in [0.3, 0.4) is 0 Å². The standard InChI is InChI=1S/C23H20N2O3/c1-23(2,3)22(28)24-15-9-11-16(12-10-15)25-20(26)18-13-8-14-6-4-5-7-17(14)19(18)21(25)27/h4-13H,1-3H3,(H,24,28). The number of carbonyl (C=O) groups excluding carboxylic acids is 3. The average Bonchev–Trinajstić information content (AvgIpc) is 2.92. The van der Waals surface area contributed by atoms with Crippen molar-refractivity contribution in [3.05, 3.63) is 71.8 Å². The first kappa shape index (κ1) is 17.9. The second-order valence-electron chi connectivity index (χ2n) is 7.91. The van der Waals surface area contributed by atoms with E-state index in [1.54, 1.807) is 30.3 Å². The van der Waals surface area contributed by atoms with Crippen molar-refractivity contribution >= 4 is 39.9 Å². The first-order valence-corrected chi connectivity index (χ1v) is 9.09. The van der Waals surface area contributed by atoms with Crippen molar-refractivity contribution in [2.45, 2.75) is 20.8 Å². The molecule has 0 aliphatic carbocycles. The van der Waals surface area contributed by atoms with Crippen molar-refractivity contribution in [1.29, 1.82) is 0 Å². The van der Waals surface area contributed by atoms with Gasteiger partial charge in [-0.3, -0.25) is 14.4 Å². The van der Waals surface area contributed by atoms with Gasteiger partial charge in [0.15, 0.2) is 0 Å². The van der Waals surface area contributed by atoms with Gasteiger partial charge in [0.05, 0.1) is 16.8 Å². The van der Waals surface area contributed by atoms with Crippen LogP contribution in [0.15, 0.2) is 60.7 Å². The van der Waals surface area contributed by atoms with E-state index in [0.717, 1.165) is 10.8 Å². The molecule has 3 aromatic rings. The van der Waals surface area contributed by atoms with Crippen LogP contribution >= 0.6 is 0 Å². The number of fused-ring (bicyclic) bond motifs is 3. The van der Waals surface area contributed by atoms with Crippen molar-refractivity contribution in [2.24, 2.45) is 5.41 Å². The molecule has 1 aliphatic rings. The molecule has 0 radical (unpaired) electrons. The molecule has 5 nitrogen and oxygen atoms in total. The predicted molar refractivity (Wildman–Crippen MR) is 110 cm³/mol. The second kappa shape index (κ2) is 6.30. The molecule has 4 rings (SSSR count). The highest BCUT2D eigenvalue weighted by Crippen LogP contribution is 2.33. The van der Waals surface area contributed by atoms with Gasteiger partial charge in [-0.25, -0.2) is 4.90 Å². The lowest BCUT2D eigenvalue weighted by atomic mass is 9.95. The lowest BCUT2D eigenvalue weighted by molar-refractivity contribution is -0.123. The van der Waals surface area contributed by atoms with Crippen molar-refractivity contribution in [1.82, 2.24) is 0 Å². The number of hydrogen-bond acceptors (Lipinski definition) is 3. The number of rotatable bonds is 2. The third-order valence-corrected chi connectivity index (χ3v) is 4.84. The zero-order chi connectivity index (χ0) is 20.1. The van der Waals surface area contributed by atoms with Crippen LogP contribution in [-0.2, 0) is 4.79 Å². The number of amides is 3. The van der Waals surface area contributed by atoms with E-state index in [1.165, 1.54) is 4.90 Å². The highest BCUT2D eigenvalue weighted by atomic mass is 16.2. The molecule has 3 amide bonds. The number of anilines is 2. The zero-order valence-corrected chi connectivity index (χ0v) is 15.9. The molecule has 0 unspecified atom stereocenters. The van der Waals surface area contributed by atoms with Gasteiger partial charge in [0, 0.05) is 11.1 Å². The minimum absolute atomic E-state index is 0.104. The quantitative estimate of drug-likeness (QED) is 0.667. The van der Waals surface area contributed by atoms with Gasteiger partial charge in [0.25, 0.3) is 11.8 Å².